The van der Waals surface area contributed by atoms with E-state index >= 15 is 0 Å². The first-order valence-corrected chi connectivity index (χ1v) is 25.6. The Labute approximate surface area is 433 Å². The molecule has 4 aromatic heterocycles. The van der Waals surface area contributed by atoms with E-state index in [1.54, 1.807) is 0 Å². The number of para-hydroxylation sites is 4. The summed E-state index contributed by atoms with van der Waals surface area (Å²) in [5.74, 6) is 0.678. The zero-order valence-electron chi connectivity index (χ0n) is 40.7. The molecule has 5 heteroatoms. The fourth-order valence-electron chi connectivity index (χ4n) is 11.7. The number of hydrogen-bond donors (Lipinski definition) is 0. The van der Waals surface area contributed by atoms with Crippen molar-refractivity contribution in [2.45, 2.75) is 0 Å². The molecule has 4 heterocycles. The van der Waals surface area contributed by atoms with Crippen molar-refractivity contribution in [2.24, 2.45) is 0 Å². The lowest BCUT2D eigenvalue weighted by Gasteiger charge is -2.20. The molecule has 0 atom stereocenters. The van der Waals surface area contributed by atoms with Gasteiger partial charge in [-0.15, -0.1) is 0 Å². The highest BCUT2D eigenvalue weighted by Crippen LogP contribution is 2.45. The summed E-state index contributed by atoms with van der Waals surface area (Å²) in [6.07, 6.45) is 0. The van der Waals surface area contributed by atoms with Gasteiger partial charge in [0.2, 0.25) is 0 Å². The molecular weight excluding hydrogens is 911 g/mol. The molecule has 0 aliphatic carbocycles. The molecule has 5 nitrogen and oxygen atoms in total. The van der Waals surface area contributed by atoms with Gasteiger partial charge in [-0.25, -0.2) is 9.97 Å². The van der Waals surface area contributed by atoms with Crippen LogP contribution in [0.4, 0.5) is 0 Å². The minimum atomic E-state index is 0.678. The van der Waals surface area contributed by atoms with E-state index in [4.69, 9.17) is 9.97 Å². The Balaban J connectivity index is 1.05. The van der Waals surface area contributed by atoms with Crippen molar-refractivity contribution in [3.8, 4) is 73.2 Å². The van der Waals surface area contributed by atoms with Crippen LogP contribution in [0.2, 0.25) is 0 Å². The van der Waals surface area contributed by atoms with E-state index in [9.17, 15) is 0 Å². The number of fused-ring (bicyclic) bond motifs is 9. The average Bonchev–Trinajstić information content (AvgIpc) is 4.13. The fraction of sp³-hybridized carbons (Fsp3) is 0. The highest BCUT2D eigenvalue weighted by atomic mass is 15.0. The number of hydrogen-bond acceptors (Lipinski definition) is 2. The monoisotopic (exact) mass is 955 g/mol. The summed E-state index contributed by atoms with van der Waals surface area (Å²) in [5, 5.41) is 7.27. The van der Waals surface area contributed by atoms with Crippen molar-refractivity contribution in [3.63, 3.8) is 0 Å². The standard InChI is InChI=1S/C70H45N5/c1-5-21-46(22-6-1)56-44-69(57(47-23-7-2-8-24-47)43-58(56)62-45-61(48-25-9-3-10-26-48)71-70(72-62)49-27-11-4-12-28-49)75-67-39-37-50(73-63-33-17-13-29-52(63)53-30-14-18-34-64(53)73)41-59(67)60-42-51(38-40-68(60)75)74-65-35-19-15-31-54(65)55-32-16-20-36-66(55)74/h1-45H. The van der Waals surface area contributed by atoms with Crippen LogP contribution in [0.25, 0.3) is 139 Å². The highest BCUT2D eigenvalue weighted by molar-refractivity contribution is 6.14. The molecule has 0 bridgehead atoms. The highest BCUT2D eigenvalue weighted by Gasteiger charge is 2.24. The lowest BCUT2D eigenvalue weighted by molar-refractivity contribution is 1.16. The molecule has 15 aromatic rings. The summed E-state index contributed by atoms with van der Waals surface area (Å²) >= 11 is 0. The van der Waals surface area contributed by atoms with Crippen LogP contribution < -0.4 is 0 Å². The van der Waals surface area contributed by atoms with Crippen LogP contribution in [-0.2, 0) is 0 Å². The Hall–Kier alpha value is -10.1. The molecular formula is C70H45N5. The van der Waals surface area contributed by atoms with E-state index in [0.717, 1.165) is 89.2 Å². The Bertz CT molecular complexity index is 4350. The fourth-order valence-corrected chi connectivity index (χ4v) is 11.7. The molecule has 0 saturated heterocycles. The van der Waals surface area contributed by atoms with Crippen molar-refractivity contribution in [1.29, 1.82) is 0 Å². The van der Waals surface area contributed by atoms with E-state index in [2.05, 4.69) is 275 Å². The second kappa shape index (κ2) is 17.3. The maximum Gasteiger partial charge on any atom is 0.160 e. The predicted octanol–water partition coefficient (Wildman–Crippen LogP) is 18.1. The van der Waals surface area contributed by atoms with Gasteiger partial charge in [0.1, 0.15) is 0 Å². The van der Waals surface area contributed by atoms with E-state index in [-0.39, 0.29) is 0 Å². The van der Waals surface area contributed by atoms with Gasteiger partial charge < -0.3 is 13.7 Å². The second-order valence-corrected chi connectivity index (χ2v) is 19.3. The van der Waals surface area contributed by atoms with Crippen molar-refractivity contribution >= 4 is 65.4 Å². The van der Waals surface area contributed by atoms with Crippen LogP contribution >= 0.6 is 0 Å². The zero-order chi connectivity index (χ0) is 49.4. The van der Waals surface area contributed by atoms with Gasteiger partial charge in [-0.05, 0) is 95.6 Å². The number of nitrogens with zero attached hydrogens (tertiary/aromatic N) is 5. The topological polar surface area (TPSA) is 40.6 Å². The van der Waals surface area contributed by atoms with Crippen molar-refractivity contribution < 1.29 is 0 Å². The lowest BCUT2D eigenvalue weighted by Crippen LogP contribution is -2.02. The van der Waals surface area contributed by atoms with E-state index in [0.29, 0.717) is 5.82 Å². The van der Waals surface area contributed by atoms with Crippen LogP contribution in [-0.4, -0.2) is 23.7 Å². The minimum Gasteiger partial charge on any atom is -0.309 e. The van der Waals surface area contributed by atoms with Crippen LogP contribution in [0.3, 0.4) is 0 Å². The SMILES string of the molecule is c1ccc(-c2cc(-c3cc(-c4ccccc4)c(-n4c5ccc(-n6c7ccccc7c7ccccc76)cc5c5cc(-n6c7ccccc7c7ccccc76)ccc54)cc3-c3ccccc3)nc(-c3ccccc3)n2)cc1. The molecule has 75 heavy (non-hydrogen) atoms. The second-order valence-electron chi connectivity index (χ2n) is 19.3. The average molecular weight is 956 g/mol. The minimum absolute atomic E-state index is 0.678. The summed E-state index contributed by atoms with van der Waals surface area (Å²) in [7, 11) is 0. The summed E-state index contributed by atoms with van der Waals surface area (Å²) in [5.41, 5.74) is 19.3. The van der Waals surface area contributed by atoms with Crippen LogP contribution in [0.1, 0.15) is 0 Å². The molecule has 0 radical (unpaired) electrons. The maximum absolute atomic E-state index is 5.44. The Morgan fingerprint density at radius 3 is 1.07 bits per heavy atom. The van der Waals surface area contributed by atoms with Gasteiger partial charge >= 0.3 is 0 Å². The third-order valence-corrected chi connectivity index (χ3v) is 15.1. The Morgan fingerprint density at radius 2 is 0.600 bits per heavy atom. The van der Waals surface area contributed by atoms with E-state index in [1.807, 2.05) is 12.1 Å². The molecule has 0 N–H and O–H groups in total. The summed E-state index contributed by atoms with van der Waals surface area (Å²) in [6, 6.07) is 98.4. The van der Waals surface area contributed by atoms with Crippen LogP contribution in [0, 0.1) is 0 Å². The van der Waals surface area contributed by atoms with Gasteiger partial charge in [0.05, 0.1) is 50.2 Å². The molecule has 0 aliphatic heterocycles. The van der Waals surface area contributed by atoms with Crippen LogP contribution in [0.5, 0.6) is 0 Å². The quantitative estimate of drug-likeness (QED) is 0.152. The number of aromatic nitrogens is 5. The van der Waals surface area contributed by atoms with Crippen molar-refractivity contribution in [3.05, 3.63) is 273 Å². The van der Waals surface area contributed by atoms with E-state index < -0.39 is 0 Å². The first-order chi connectivity index (χ1) is 37.2. The summed E-state index contributed by atoms with van der Waals surface area (Å²) in [6.45, 7) is 0. The summed E-state index contributed by atoms with van der Waals surface area (Å²) in [4.78, 5) is 10.7. The van der Waals surface area contributed by atoms with E-state index in [1.165, 1.54) is 43.6 Å². The normalized spacial score (nSPS) is 11.7. The molecule has 0 saturated carbocycles. The molecule has 0 fully saturated rings. The van der Waals surface area contributed by atoms with Gasteiger partial charge in [0, 0.05) is 65.9 Å². The molecule has 15 rings (SSSR count). The van der Waals surface area contributed by atoms with Gasteiger partial charge in [-0.3, -0.25) is 0 Å². The third kappa shape index (κ3) is 6.93. The zero-order valence-corrected chi connectivity index (χ0v) is 40.7. The molecule has 0 spiro atoms. The molecule has 0 unspecified atom stereocenters. The number of benzene rings is 11. The summed E-state index contributed by atoms with van der Waals surface area (Å²) < 4.78 is 7.35. The van der Waals surface area contributed by atoms with Gasteiger partial charge in [-0.1, -0.05) is 194 Å². The van der Waals surface area contributed by atoms with Gasteiger partial charge in [0.25, 0.3) is 0 Å². The first kappa shape index (κ1) is 42.6. The molecule has 11 aromatic carbocycles. The Morgan fingerprint density at radius 1 is 0.227 bits per heavy atom. The van der Waals surface area contributed by atoms with Crippen molar-refractivity contribution in [2.75, 3.05) is 0 Å². The lowest BCUT2D eigenvalue weighted by atomic mass is 9.91. The van der Waals surface area contributed by atoms with Crippen molar-refractivity contribution in [1.82, 2.24) is 23.7 Å². The molecule has 0 amide bonds. The molecule has 350 valence electrons. The first-order valence-electron chi connectivity index (χ1n) is 25.6. The van der Waals surface area contributed by atoms with Gasteiger partial charge in [0.15, 0.2) is 5.82 Å². The molecule has 0 aliphatic rings. The Kier molecular flexibility index (Phi) is 9.82. The predicted molar refractivity (Wildman–Crippen MR) is 312 cm³/mol. The van der Waals surface area contributed by atoms with Crippen LogP contribution in [0.15, 0.2) is 273 Å². The third-order valence-electron chi connectivity index (χ3n) is 15.1. The smallest absolute Gasteiger partial charge is 0.160 e. The largest absolute Gasteiger partial charge is 0.309 e. The maximum atomic E-state index is 5.44. The van der Waals surface area contributed by atoms with Gasteiger partial charge in [-0.2, -0.15) is 0 Å². The number of rotatable bonds is 8.